The van der Waals surface area contributed by atoms with E-state index in [9.17, 15) is 4.79 Å². The van der Waals surface area contributed by atoms with Gasteiger partial charge in [0.2, 0.25) is 0 Å². The lowest BCUT2D eigenvalue weighted by Crippen LogP contribution is -2.15. The van der Waals surface area contributed by atoms with Crippen molar-refractivity contribution in [3.05, 3.63) is 20.9 Å². The lowest BCUT2D eigenvalue weighted by Gasteiger charge is -2.05. The summed E-state index contributed by atoms with van der Waals surface area (Å²) in [5, 5.41) is -0.170. The molecule has 1 heterocycles. The van der Waals surface area contributed by atoms with Gasteiger partial charge >= 0.3 is 0 Å². The van der Waals surface area contributed by atoms with Crippen LogP contribution in [-0.2, 0) is 0 Å². The van der Waals surface area contributed by atoms with Crippen LogP contribution in [0.25, 0.3) is 0 Å². The molecule has 7 heteroatoms. The van der Waals surface area contributed by atoms with Crippen LogP contribution in [0.15, 0.2) is 0 Å². The van der Waals surface area contributed by atoms with Gasteiger partial charge in [0.25, 0.3) is 5.91 Å². The first-order valence-corrected chi connectivity index (χ1v) is 4.18. The van der Waals surface area contributed by atoms with Gasteiger partial charge in [0.1, 0.15) is 10.7 Å². The predicted molar refractivity (Wildman–Crippen MR) is 52.2 cm³/mol. The number of hydrogen-bond acceptors (Lipinski definition) is 3. The first-order valence-electron chi connectivity index (χ1n) is 3.05. The van der Waals surface area contributed by atoms with E-state index in [1.165, 1.54) is 0 Å². The van der Waals surface area contributed by atoms with Gasteiger partial charge in [-0.1, -0.05) is 34.8 Å². The van der Waals surface area contributed by atoms with Crippen molar-refractivity contribution in [3.63, 3.8) is 0 Å². The SMILES string of the molecule is NC(=O)c1nc(Cl)c(Cl)c(N)c1Cl. The number of nitrogen functional groups attached to an aromatic ring is 1. The number of carbonyl (C=O) groups is 1. The minimum Gasteiger partial charge on any atom is -0.396 e. The van der Waals surface area contributed by atoms with Gasteiger partial charge in [0.15, 0.2) is 5.15 Å². The van der Waals surface area contributed by atoms with Gasteiger partial charge in [0.05, 0.1) is 10.7 Å². The smallest absolute Gasteiger partial charge is 0.269 e. The summed E-state index contributed by atoms with van der Waals surface area (Å²) < 4.78 is 0. The van der Waals surface area contributed by atoms with E-state index in [2.05, 4.69) is 4.98 Å². The normalized spacial score (nSPS) is 10.1. The highest BCUT2D eigenvalue weighted by atomic mass is 35.5. The minimum absolute atomic E-state index is 0.00265. The Bertz CT molecular complexity index is 380. The molecule has 0 radical (unpaired) electrons. The van der Waals surface area contributed by atoms with Crippen LogP contribution in [0.2, 0.25) is 15.2 Å². The average Bonchev–Trinajstić information content (AvgIpc) is 2.07. The van der Waals surface area contributed by atoms with Crippen molar-refractivity contribution in [2.24, 2.45) is 5.73 Å². The molecule has 0 saturated carbocycles. The monoisotopic (exact) mass is 239 g/mol. The Balaban J connectivity index is 3.50. The number of aromatic nitrogens is 1. The molecule has 0 aliphatic rings. The van der Waals surface area contributed by atoms with Gasteiger partial charge in [-0.25, -0.2) is 4.98 Å². The summed E-state index contributed by atoms with van der Waals surface area (Å²) in [6, 6.07) is 0. The minimum atomic E-state index is -0.810. The second kappa shape index (κ2) is 3.57. The molecule has 70 valence electrons. The summed E-state index contributed by atoms with van der Waals surface area (Å²) in [4.78, 5) is 14.3. The van der Waals surface area contributed by atoms with Gasteiger partial charge < -0.3 is 11.5 Å². The van der Waals surface area contributed by atoms with Crippen molar-refractivity contribution in [3.8, 4) is 0 Å². The fourth-order valence-corrected chi connectivity index (χ4v) is 1.30. The summed E-state index contributed by atoms with van der Waals surface area (Å²) in [5.74, 6) is -0.810. The molecule has 0 aliphatic heterocycles. The standard InChI is InChI=1S/C6H4Cl3N3O/c7-1-3(10)2(8)5(9)12-4(1)6(11)13/h(H2,10,12)(H2,11,13). The van der Waals surface area contributed by atoms with Gasteiger partial charge in [0, 0.05) is 0 Å². The number of nitrogens with two attached hydrogens (primary N) is 2. The number of anilines is 1. The Morgan fingerprint density at radius 2 is 1.77 bits per heavy atom. The Labute approximate surface area is 88.8 Å². The maximum absolute atomic E-state index is 10.8. The van der Waals surface area contributed by atoms with Gasteiger partial charge in [-0.2, -0.15) is 0 Å². The van der Waals surface area contributed by atoms with Crippen LogP contribution >= 0.6 is 34.8 Å². The fourth-order valence-electron chi connectivity index (χ4n) is 0.695. The third-order valence-corrected chi connectivity index (χ3v) is 2.44. The third kappa shape index (κ3) is 1.80. The second-order valence-electron chi connectivity index (χ2n) is 2.16. The molecule has 1 aromatic heterocycles. The number of hydrogen-bond donors (Lipinski definition) is 2. The molecule has 1 aromatic rings. The molecule has 0 aliphatic carbocycles. The number of nitrogens with zero attached hydrogens (tertiary/aromatic N) is 1. The van der Waals surface area contributed by atoms with E-state index in [-0.39, 0.29) is 26.6 Å². The number of carbonyl (C=O) groups excluding carboxylic acids is 1. The highest BCUT2D eigenvalue weighted by Gasteiger charge is 2.17. The zero-order valence-electron chi connectivity index (χ0n) is 6.14. The highest BCUT2D eigenvalue weighted by molar-refractivity contribution is 6.46. The molecule has 0 unspecified atom stereocenters. The quantitative estimate of drug-likeness (QED) is 0.733. The van der Waals surface area contributed by atoms with Crippen molar-refractivity contribution in [1.82, 2.24) is 4.98 Å². The largest absolute Gasteiger partial charge is 0.396 e. The molecule has 0 spiro atoms. The number of halogens is 3. The average molecular weight is 240 g/mol. The number of amides is 1. The van der Waals surface area contributed by atoms with E-state index < -0.39 is 5.91 Å². The summed E-state index contributed by atoms with van der Waals surface area (Å²) in [5.41, 5.74) is 10.2. The molecule has 0 atom stereocenters. The first kappa shape index (κ1) is 10.4. The molecule has 4 nitrogen and oxygen atoms in total. The van der Waals surface area contributed by atoms with Crippen LogP contribution in [-0.4, -0.2) is 10.9 Å². The van der Waals surface area contributed by atoms with Crippen molar-refractivity contribution in [2.75, 3.05) is 5.73 Å². The van der Waals surface area contributed by atoms with Crippen LogP contribution in [0.4, 0.5) is 5.69 Å². The van der Waals surface area contributed by atoms with E-state index >= 15 is 0 Å². The number of rotatable bonds is 1. The number of primary amides is 1. The summed E-state index contributed by atoms with van der Waals surface area (Å²) >= 11 is 16.8. The topological polar surface area (TPSA) is 82.0 Å². The highest BCUT2D eigenvalue weighted by Crippen LogP contribution is 2.33. The number of pyridine rings is 1. The van der Waals surface area contributed by atoms with Crippen molar-refractivity contribution in [1.29, 1.82) is 0 Å². The molecule has 0 aromatic carbocycles. The second-order valence-corrected chi connectivity index (χ2v) is 3.27. The Morgan fingerprint density at radius 3 is 2.23 bits per heavy atom. The van der Waals surface area contributed by atoms with Crippen LogP contribution in [0.5, 0.6) is 0 Å². The summed E-state index contributed by atoms with van der Waals surface area (Å²) in [7, 11) is 0. The van der Waals surface area contributed by atoms with E-state index in [1.54, 1.807) is 0 Å². The van der Waals surface area contributed by atoms with E-state index in [4.69, 9.17) is 46.3 Å². The predicted octanol–water partition coefficient (Wildman–Crippen LogP) is 1.72. The molecule has 0 bridgehead atoms. The summed E-state index contributed by atoms with van der Waals surface area (Å²) in [6.07, 6.45) is 0. The van der Waals surface area contributed by atoms with Gasteiger partial charge in [-0.05, 0) is 0 Å². The maximum atomic E-state index is 10.8. The molecule has 1 rings (SSSR count). The molecule has 1 amide bonds. The Kier molecular flexibility index (Phi) is 2.85. The van der Waals surface area contributed by atoms with Crippen molar-refractivity contribution >= 4 is 46.4 Å². The molecule has 4 N–H and O–H groups in total. The zero-order valence-corrected chi connectivity index (χ0v) is 8.41. The maximum Gasteiger partial charge on any atom is 0.269 e. The fraction of sp³-hybridized carbons (Fsp3) is 0. The third-order valence-electron chi connectivity index (χ3n) is 1.31. The van der Waals surface area contributed by atoms with E-state index in [1.807, 2.05) is 0 Å². The molecular weight excluding hydrogens is 236 g/mol. The van der Waals surface area contributed by atoms with Crippen molar-refractivity contribution in [2.45, 2.75) is 0 Å². The first-order chi connectivity index (χ1) is 5.95. The zero-order chi connectivity index (χ0) is 10.2. The lowest BCUT2D eigenvalue weighted by molar-refractivity contribution is 0.0996. The van der Waals surface area contributed by atoms with E-state index in [0.717, 1.165) is 0 Å². The van der Waals surface area contributed by atoms with Crippen LogP contribution in [0, 0.1) is 0 Å². The molecule has 0 fully saturated rings. The lowest BCUT2D eigenvalue weighted by atomic mass is 10.3. The summed E-state index contributed by atoms with van der Waals surface area (Å²) in [6.45, 7) is 0. The van der Waals surface area contributed by atoms with Crippen LogP contribution in [0.1, 0.15) is 10.5 Å². The van der Waals surface area contributed by atoms with Crippen LogP contribution in [0.3, 0.4) is 0 Å². The van der Waals surface area contributed by atoms with E-state index in [0.29, 0.717) is 0 Å². The molecule has 0 saturated heterocycles. The molecule has 13 heavy (non-hydrogen) atoms. The van der Waals surface area contributed by atoms with Gasteiger partial charge in [-0.3, -0.25) is 4.79 Å². The molecular formula is C6H4Cl3N3O. The van der Waals surface area contributed by atoms with Crippen molar-refractivity contribution < 1.29 is 4.79 Å². The Morgan fingerprint density at radius 1 is 1.23 bits per heavy atom. The van der Waals surface area contributed by atoms with Gasteiger partial charge in [-0.15, -0.1) is 0 Å². The van der Waals surface area contributed by atoms with Crippen LogP contribution < -0.4 is 11.5 Å². The Hall–Kier alpha value is -0.710.